The molecule has 0 aliphatic heterocycles. The number of amides is 2. The van der Waals surface area contributed by atoms with Crippen molar-refractivity contribution in [2.24, 2.45) is 0 Å². The van der Waals surface area contributed by atoms with Crippen LogP contribution in [0.5, 0.6) is 5.75 Å². The van der Waals surface area contributed by atoms with Gasteiger partial charge in [0.25, 0.3) is 0 Å². The van der Waals surface area contributed by atoms with Crippen LogP contribution in [0.4, 0.5) is 0 Å². The van der Waals surface area contributed by atoms with Gasteiger partial charge in [-0.25, -0.2) is 0 Å². The van der Waals surface area contributed by atoms with E-state index in [9.17, 15) is 9.59 Å². The minimum atomic E-state index is -0.535. The largest absolute Gasteiger partial charge is 0.494 e. The van der Waals surface area contributed by atoms with Crippen molar-refractivity contribution in [3.05, 3.63) is 64.6 Å². The number of carbonyl (C=O) groups excluding carboxylic acids is 2. The topological polar surface area (TPSA) is 58.6 Å². The van der Waals surface area contributed by atoms with Crippen LogP contribution in [0.2, 0.25) is 0 Å². The Kier molecular flexibility index (Phi) is 9.71. The molecule has 156 valence electrons. The number of nitrogens with one attached hydrogen (secondary N) is 1. The van der Waals surface area contributed by atoms with E-state index in [2.05, 4.69) is 21.2 Å². The van der Waals surface area contributed by atoms with E-state index < -0.39 is 6.04 Å². The van der Waals surface area contributed by atoms with Crippen molar-refractivity contribution < 1.29 is 14.3 Å². The monoisotopic (exact) mass is 460 g/mol. The number of ether oxygens (including phenoxy) is 1. The van der Waals surface area contributed by atoms with Gasteiger partial charge < -0.3 is 15.0 Å². The van der Waals surface area contributed by atoms with E-state index >= 15 is 0 Å². The maximum Gasteiger partial charge on any atom is 0.242 e. The molecule has 6 heteroatoms. The molecular formula is C23H29BrN2O3. The molecule has 2 aromatic carbocycles. The second kappa shape index (κ2) is 12.3. The number of rotatable bonds is 11. The predicted octanol–water partition coefficient (Wildman–Crippen LogP) is 4.55. The van der Waals surface area contributed by atoms with Gasteiger partial charge in [-0.05, 0) is 49.6 Å². The number of carbonyl (C=O) groups is 2. The van der Waals surface area contributed by atoms with Crippen LogP contribution in [0, 0.1) is 0 Å². The maximum atomic E-state index is 12.9. The molecule has 29 heavy (non-hydrogen) atoms. The van der Waals surface area contributed by atoms with Crippen LogP contribution in [0.25, 0.3) is 0 Å². The first-order valence-electron chi connectivity index (χ1n) is 10.0. The molecule has 0 fully saturated rings. The van der Waals surface area contributed by atoms with Crippen molar-refractivity contribution in [1.29, 1.82) is 0 Å². The first kappa shape index (κ1) is 22.9. The van der Waals surface area contributed by atoms with Crippen molar-refractivity contribution in [3.8, 4) is 5.75 Å². The molecule has 2 rings (SSSR count). The molecule has 0 saturated carbocycles. The molecule has 1 unspecified atom stereocenters. The van der Waals surface area contributed by atoms with Crippen molar-refractivity contribution in [2.45, 2.75) is 45.7 Å². The number of hydrogen-bond acceptors (Lipinski definition) is 3. The molecule has 1 atom stereocenters. The first-order chi connectivity index (χ1) is 14.0. The van der Waals surface area contributed by atoms with Gasteiger partial charge in [0.1, 0.15) is 11.8 Å². The molecule has 0 aliphatic carbocycles. The number of halogens is 1. The molecule has 0 heterocycles. The lowest BCUT2D eigenvalue weighted by molar-refractivity contribution is -0.140. The number of hydrogen-bond donors (Lipinski definition) is 1. The third kappa shape index (κ3) is 7.89. The van der Waals surface area contributed by atoms with Gasteiger partial charge in [0.2, 0.25) is 11.8 Å². The van der Waals surface area contributed by atoms with Crippen LogP contribution >= 0.6 is 15.9 Å². The lowest BCUT2D eigenvalue weighted by atomic mass is 10.1. The molecule has 1 N–H and O–H groups in total. The summed E-state index contributed by atoms with van der Waals surface area (Å²) >= 11 is 3.42. The Balaban J connectivity index is 1.97. The minimum absolute atomic E-state index is 0.0521. The van der Waals surface area contributed by atoms with Gasteiger partial charge in [0, 0.05) is 24.0 Å². The summed E-state index contributed by atoms with van der Waals surface area (Å²) in [5.41, 5.74) is 0.984. The molecule has 0 aliphatic rings. The van der Waals surface area contributed by atoms with Crippen molar-refractivity contribution in [3.63, 3.8) is 0 Å². The second-order valence-corrected chi connectivity index (χ2v) is 7.80. The van der Waals surface area contributed by atoms with Crippen LogP contribution in [-0.2, 0) is 16.1 Å². The molecule has 0 radical (unpaired) electrons. The Bertz CT molecular complexity index is 765. The highest BCUT2D eigenvalue weighted by Gasteiger charge is 2.25. The van der Waals surface area contributed by atoms with E-state index in [1.807, 2.05) is 61.5 Å². The lowest BCUT2D eigenvalue weighted by Crippen LogP contribution is -2.47. The van der Waals surface area contributed by atoms with Crippen LogP contribution in [-0.4, -0.2) is 35.9 Å². The smallest absolute Gasteiger partial charge is 0.242 e. The van der Waals surface area contributed by atoms with Crippen LogP contribution < -0.4 is 10.1 Å². The van der Waals surface area contributed by atoms with Crippen molar-refractivity contribution in [1.82, 2.24) is 10.2 Å². The Hall–Kier alpha value is -2.34. The zero-order chi connectivity index (χ0) is 21.1. The average molecular weight is 461 g/mol. The van der Waals surface area contributed by atoms with Gasteiger partial charge in [0.15, 0.2) is 0 Å². The Morgan fingerprint density at radius 2 is 1.79 bits per heavy atom. The molecule has 0 saturated heterocycles. The van der Waals surface area contributed by atoms with Crippen LogP contribution in [0.15, 0.2) is 59.1 Å². The minimum Gasteiger partial charge on any atom is -0.494 e. The van der Waals surface area contributed by atoms with Gasteiger partial charge in [-0.15, -0.1) is 0 Å². The fraction of sp³-hybridized carbons (Fsp3) is 0.391. The molecule has 5 nitrogen and oxygen atoms in total. The number of benzene rings is 2. The summed E-state index contributed by atoms with van der Waals surface area (Å²) in [7, 11) is 0. The highest BCUT2D eigenvalue weighted by molar-refractivity contribution is 9.10. The molecular weight excluding hydrogens is 432 g/mol. The normalized spacial score (nSPS) is 11.6. The van der Waals surface area contributed by atoms with E-state index in [1.165, 1.54) is 0 Å². The second-order valence-electron chi connectivity index (χ2n) is 6.88. The fourth-order valence-corrected chi connectivity index (χ4v) is 3.10. The average Bonchev–Trinajstić information content (AvgIpc) is 2.74. The van der Waals surface area contributed by atoms with Crippen molar-refractivity contribution >= 4 is 27.7 Å². The quantitative estimate of drug-likeness (QED) is 0.500. The van der Waals surface area contributed by atoms with Gasteiger partial charge in [-0.1, -0.05) is 53.2 Å². The molecule has 0 aromatic heterocycles. The number of nitrogens with zero attached hydrogens (tertiary/aromatic N) is 1. The van der Waals surface area contributed by atoms with Crippen molar-refractivity contribution in [2.75, 3.05) is 13.2 Å². The molecule has 2 amide bonds. The Labute approximate surface area is 181 Å². The maximum absolute atomic E-state index is 12.9. The summed E-state index contributed by atoms with van der Waals surface area (Å²) in [6, 6.07) is 16.8. The predicted molar refractivity (Wildman–Crippen MR) is 119 cm³/mol. The third-order valence-electron chi connectivity index (χ3n) is 4.53. The summed E-state index contributed by atoms with van der Waals surface area (Å²) in [5, 5.41) is 2.89. The Morgan fingerprint density at radius 3 is 2.45 bits per heavy atom. The number of para-hydroxylation sites is 1. The summed E-state index contributed by atoms with van der Waals surface area (Å²) in [5.74, 6) is 0.612. The molecule has 0 spiro atoms. The zero-order valence-electron chi connectivity index (χ0n) is 17.1. The van der Waals surface area contributed by atoms with E-state index in [1.54, 1.807) is 11.8 Å². The SMILES string of the molecule is CCCNC(=O)C(C)N(Cc1ccc(Br)cc1)C(=O)CCCOc1ccccc1. The van der Waals surface area contributed by atoms with E-state index in [0.717, 1.165) is 22.2 Å². The van der Waals surface area contributed by atoms with Gasteiger partial charge >= 0.3 is 0 Å². The summed E-state index contributed by atoms with van der Waals surface area (Å²) < 4.78 is 6.65. The van der Waals surface area contributed by atoms with Gasteiger partial charge in [-0.2, -0.15) is 0 Å². The fourth-order valence-electron chi connectivity index (χ4n) is 2.84. The molecule has 2 aromatic rings. The standard InChI is InChI=1S/C23H29BrN2O3/c1-3-15-25-23(28)18(2)26(17-19-11-13-20(24)14-12-19)22(27)10-7-16-29-21-8-5-4-6-9-21/h4-6,8-9,11-14,18H,3,7,10,15-17H2,1-2H3,(H,25,28). The van der Waals surface area contributed by atoms with Crippen LogP contribution in [0.3, 0.4) is 0 Å². The third-order valence-corrected chi connectivity index (χ3v) is 5.06. The summed E-state index contributed by atoms with van der Waals surface area (Å²) in [6.45, 7) is 5.24. The van der Waals surface area contributed by atoms with E-state index in [0.29, 0.717) is 32.5 Å². The van der Waals surface area contributed by atoms with E-state index in [4.69, 9.17) is 4.74 Å². The van der Waals surface area contributed by atoms with E-state index in [-0.39, 0.29) is 11.8 Å². The summed E-state index contributed by atoms with van der Waals surface area (Å²) in [6.07, 6.45) is 1.78. The lowest BCUT2D eigenvalue weighted by Gasteiger charge is -2.29. The Morgan fingerprint density at radius 1 is 1.10 bits per heavy atom. The molecule has 0 bridgehead atoms. The zero-order valence-corrected chi connectivity index (χ0v) is 18.7. The van der Waals surface area contributed by atoms with Gasteiger partial charge in [0.05, 0.1) is 6.61 Å². The summed E-state index contributed by atoms with van der Waals surface area (Å²) in [4.78, 5) is 27.0. The first-order valence-corrected chi connectivity index (χ1v) is 10.8. The van der Waals surface area contributed by atoms with Gasteiger partial charge in [-0.3, -0.25) is 9.59 Å². The highest BCUT2D eigenvalue weighted by Crippen LogP contribution is 2.16. The highest BCUT2D eigenvalue weighted by atomic mass is 79.9. The van der Waals surface area contributed by atoms with Crippen LogP contribution in [0.1, 0.15) is 38.7 Å².